The number of phenols is 1. The van der Waals surface area contributed by atoms with Gasteiger partial charge >= 0.3 is 0 Å². The first-order chi connectivity index (χ1) is 13.4. The molecule has 1 unspecified atom stereocenters. The molecule has 142 valence electrons. The van der Waals surface area contributed by atoms with E-state index in [1.54, 1.807) is 6.07 Å². The summed E-state index contributed by atoms with van der Waals surface area (Å²) < 4.78 is 0. The Bertz CT molecular complexity index is 1070. The van der Waals surface area contributed by atoms with E-state index in [2.05, 4.69) is 44.2 Å². The molecule has 0 aromatic heterocycles. The van der Waals surface area contributed by atoms with Crippen molar-refractivity contribution >= 4 is 34.8 Å². The minimum Gasteiger partial charge on any atom is -0.507 e. The Balaban J connectivity index is 1.87. The van der Waals surface area contributed by atoms with Gasteiger partial charge in [0.1, 0.15) is 5.75 Å². The molecule has 1 N–H and O–H groups in total. The van der Waals surface area contributed by atoms with Gasteiger partial charge in [-0.3, -0.25) is 4.99 Å². The molecule has 3 aromatic carbocycles. The van der Waals surface area contributed by atoms with Gasteiger partial charge in [-0.1, -0.05) is 53.6 Å². The highest BCUT2D eigenvalue weighted by Crippen LogP contribution is 2.47. The summed E-state index contributed by atoms with van der Waals surface area (Å²) in [7, 11) is 0. The fraction of sp³-hybridized carbons (Fsp3) is 0.208. The maximum atomic E-state index is 10.6. The van der Waals surface area contributed by atoms with Crippen molar-refractivity contribution in [2.75, 3.05) is 0 Å². The number of hydrogen-bond donors (Lipinski definition) is 1. The van der Waals surface area contributed by atoms with Gasteiger partial charge in [-0.2, -0.15) is 0 Å². The zero-order chi connectivity index (χ0) is 19.8. The van der Waals surface area contributed by atoms with Crippen LogP contribution in [0, 0.1) is 20.8 Å². The molecule has 2 nitrogen and oxygen atoms in total. The van der Waals surface area contributed by atoms with Gasteiger partial charge in [-0.25, -0.2) is 0 Å². The standard InChI is InChI=1S/C24H22ClNOS/c1-14-7-9-17(10-8-14)23-13-21(18-12-19(25)16(3)11-22(18)27)26-20-6-4-5-15(2)24(20)28-23/h4-12,23,27H,13H2,1-3H3. The second-order valence-corrected chi connectivity index (χ2v) is 8.94. The lowest BCUT2D eigenvalue weighted by Crippen LogP contribution is -2.06. The van der Waals surface area contributed by atoms with E-state index in [4.69, 9.17) is 16.6 Å². The van der Waals surface area contributed by atoms with Gasteiger partial charge in [-0.15, -0.1) is 11.8 Å². The van der Waals surface area contributed by atoms with Crippen molar-refractivity contribution in [1.82, 2.24) is 0 Å². The van der Waals surface area contributed by atoms with Gasteiger partial charge in [0.15, 0.2) is 0 Å². The molecule has 0 spiro atoms. The maximum absolute atomic E-state index is 10.6. The third kappa shape index (κ3) is 3.69. The van der Waals surface area contributed by atoms with Gasteiger partial charge in [-0.05, 0) is 55.7 Å². The van der Waals surface area contributed by atoms with E-state index in [-0.39, 0.29) is 11.0 Å². The number of nitrogens with zero attached hydrogens (tertiary/aromatic N) is 1. The Morgan fingerprint density at radius 1 is 1.00 bits per heavy atom. The number of phenolic OH excluding ortho intramolecular Hbond substituents is 1. The van der Waals surface area contributed by atoms with Crippen molar-refractivity contribution in [1.29, 1.82) is 0 Å². The van der Waals surface area contributed by atoms with E-state index in [0.29, 0.717) is 10.6 Å². The summed E-state index contributed by atoms with van der Waals surface area (Å²) in [6.45, 7) is 6.12. The van der Waals surface area contributed by atoms with Crippen molar-refractivity contribution in [3.8, 4) is 5.75 Å². The second kappa shape index (κ2) is 7.65. The molecular weight excluding hydrogens is 386 g/mol. The molecule has 0 radical (unpaired) electrons. The molecule has 1 heterocycles. The number of fused-ring (bicyclic) bond motifs is 1. The lowest BCUT2D eigenvalue weighted by molar-refractivity contribution is 0.473. The summed E-state index contributed by atoms with van der Waals surface area (Å²) >= 11 is 8.22. The number of aromatic hydroxyl groups is 1. The molecule has 3 aromatic rings. The van der Waals surface area contributed by atoms with Crippen LogP contribution in [0.25, 0.3) is 0 Å². The van der Waals surface area contributed by atoms with Crippen LogP contribution in [0.2, 0.25) is 5.02 Å². The SMILES string of the molecule is Cc1ccc(C2CC(c3cc(Cl)c(C)cc3O)=Nc3cccc(C)c3S2)cc1. The number of aryl methyl sites for hydroxylation is 3. The normalized spacial score (nSPS) is 16.3. The molecule has 1 atom stereocenters. The minimum absolute atomic E-state index is 0.209. The number of aliphatic imine (C=N–C) groups is 1. The first-order valence-corrected chi connectivity index (χ1v) is 10.6. The Kier molecular flexibility index (Phi) is 5.22. The molecule has 28 heavy (non-hydrogen) atoms. The van der Waals surface area contributed by atoms with Gasteiger partial charge < -0.3 is 5.11 Å². The number of rotatable bonds is 2. The van der Waals surface area contributed by atoms with E-state index in [0.717, 1.165) is 23.4 Å². The summed E-state index contributed by atoms with van der Waals surface area (Å²) in [6.07, 6.45) is 0.717. The summed E-state index contributed by atoms with van der Waals surface area (Å²) in [6, 6.07) is 18.4. The first kappa shape index (κ1) is 19.1. The summed E-state index contributed by atoms with van der Waals surface area (Å²) in [4.78, 5) is 6.17. The van der Waals surface area contributed by atoms with Crippen molar-refractivity contribution in [2.45, 2.75) is 37.3 Å². The van der Waals surface area contributed by atoms with Crippen LogP contribution in [0.5, 0.6) is 5.75 Å². The van der Waals surface area contributed by atoms with Crippen molar-refractivity contribution in [3.05, 3.63) is 87.4 Å². The number of halogens is 1. The van der Waals surface area contributed by atoms with Gasteiger partial charge in [0, 0.05) is 27.2 Å². The monoisotopic (exact) mass is 407 g/mol. The van der Waals surface area contributed by atoms with Crippen molar-refractivity contribution in [3.63, 3.8) is 0 Å². The summed E-state index contributed by atoms with van der Waals surface area (Å²) in [5.74, 6) is 0.226. The van der Waals surface area contributed by atoms with Gasteiger partial charge in [0.05, 0.1) is 11.4 Å². The van der Waals surface area contributed by atoms with Crippen LogP contribution in [0.4, 0.5) is 5.69 Å². The zero-order valence-electron chi connectivity index (χ0n) is 16.2. The van der Waals surface area contributed by atoms with Gasteiger partial charge in [0.2, 0.25) is 0 Å². The number of benzene rings is 3. The average Bonchev–Trinajstić information content (AvgIpc) is 2.86. The Labute approximate surface area is 175 Å². The molecule has 0 fully saturated rings. The quantitative estimate of drug-likeness (QED) is 0.482. The molecule has 0 bridgehead atoms. The summed E-state index contributed by atoms with van der Waals surface area (Å²) in [5.41, 5.74) is 7.11. The van der Waals surface area contributed by atoms with Gasteiger partial charge in [0.25, 0.3) is 0 Å². The van der Waals surface area contributed by atoms with E-state index in [1.165, 1.54) is 21.6 Å². The molecule has 4 rings (SSSR count). The van der Waals surface area contributed by atoms with Crippen LogP contribution in [-0.4, -0.2) is 10.8 Å². The third-order valence-corrected chi connectivity index (χ3v) is 7.02. The maximum Gasteiger partial charge on any atom is 0.125 e. The molecule has 0 aliphatic carbocycles. The lowest BCUT2D eigenvalue weighted by atomic mass is 9.99. The van der Waals surface area contributed by atoms with Crippen LogP contribution in [0.3, 0.4) is 0 Å². The predicted molar refractivity (Wildman–Crippen MR) is 120 cm³/mol. The zero-order valence-corrected chi connectivity index (χ0v) is 17.7. The molecular formula is C24H22ClNOS. The number of thioether (sulfide) groups is 1. The third-order valence-electron chi connectivity index (χ3n) is 5.12. The smallest absolute Gasteiger partial charge is 0.125 e. The average molecular weight is 408 g/mol. The highest BCUT2D eigenvalue weighted by atomic mass is 35.5. The van der Waals surface area contributed by atoms with Crippen molar-refractivity contribution < 1.29 is 5.11 Å². The predicted octanol–water partition coefficient (Wildman–Crippen LogP) is 7.33. The first-order valence-electron chi connectivity index (χ1n) is 9.32. The fourth-order valence-corrected chi connectivity index (χ4v) is 4.93. The van der Waals surface area contributed by atoms with Crippen LogP contribution >= 0.6 is 23.4 Å². The van der Waals surface area contributed by atoms with Crippen molar-refractivity contribution in [2.24, 2.45) is 4.99 Å². The largest absolute Gasteiger partial charge is 0.507 e. The van der Waals surface area contributed by atoms with E-state index in [1.807, 2.05) is 36.9 Å². The Morgan fingerprint density at radius 3 is 2.50 bits per heavy atom. The Morgan fingerprint density at radius 2 is 1.75 bits per heavy atom. The molecule has 1 aliphatic heterocycles. The Hall–Kier alpha value is -2.23. The van der Waals surface area contributed by atoms with E-state index < -0.39 is 0 Å². The minimum atomic E-state index is 0.209. The van der Waals surface area contributed by atoms with Crippen LogP contribution in [0.1, 0.15) is 39.5 Å². The highest BCUT2D eigenvalue weighted by molar-refractivity contribution is 7.99. The molecule has 0 saturated carbocycles. The molecule has 1 aliphatic rings. The fourth-order valence-electron chi connectivity index (χ4n) is 3.46. The lowest BCUT2D eigenvalue weighted by Gasteiger charge is -2.18. The second-order valence-electron chi connectivity index (χ2n) is 7.32. The highest BCUT2D eigenvalue weighted by Gasteiger charge is 2.25. The molecule has 0 amide bonds. The van der Waals surface area contributed by atoms with E-state index in [9.17, 15) is 5.11 Å². The number of hydrogen-bond acceptors (Lipinski definition) is 3. The van der Waals surface area contributed by atoms with Crippen LogP contribution < -0.4 is 0 Å². The van der Waals surface area contributed by atoms with Crippen LogP contribution in [-0.2, 0) is 0 Å². The molecule has 0 saturated heterocycles. The molecule has 4 heteroatoms. The van der Waals surface area contributed by atoms with E-state index >= 15 is 0 Å². The summed E-state index contributed by atoms with van der Waals surface area (Å²) in [5, 5.41) is 11.5. The topological polar surface area (TPSA) is 32.6 Å². The van der Waals surface area contributed by atoms with Crippen LogP contribution in [0.15, 0.2) is 64.5 Å².